The molecule has 0 unspecified atom stereocenters. The average Bonchev–Trinajstić information content (AvgIpc) is 1.41. The van der Waals surface area contributed by atoms with Gasteiger partial charge >= 0.3 is 32.3 Å². The first-order valence-corrected chi connectivity index (χ1v) is 1.86. The van der Waals surface area contributed by atoms with Crippen molar-refractivity contribution in [1.29, 1.82) is 0 Å². The summed E-state index contributed by atoms with van der Waals surface area (Å²) in [7, 11) is 1.81. The molecule has 0 saturated carbocycles. The van der Waals surface area contributed by atoms with Crippen LogP contribution in [0.15, 0.2) is 4.90 Å². The van der Waals surface area contributed by atoms with Gasteiger partial charge in [-0.05, 0) is 0 Å². The number of rotatable bonds is 1. The van der Waals surface area contributed by atoms with Gasteiger partial charge in [-0.25, -0.2) is 0 Å². The monoisotopic (exact) mass is 69.1 g/mol. The molecular weight excluding hydrogens is 60.9 g/mol. The fraction of sp³-hybridized carbons (Fsp3) is 1.00. The van der Waals surface area contributed by atoms with Crippen LogP contribution in [0.25, 0.3) is 0 Å². The van der Waals surface area contributed by atoms with Crippen molar-refractivity contribution in [1.82, 2.24) is 0 Å². The van der Waals surface area contributed by atoms with Crippen LogP contribution in [0.3, 0.4) is 0 Å². The molecule has 0 atom stereocenters. The summed E-state index contributed by atoms with van der Waals surface area (Å²) in [4.78, 5) is 3.85. The van der Waals surface area contributed by atoms with Crippen molar-refractivity contribution in [2.75, 3.05) is 6.54 Å². The summed E-state index contributed by atoms with van der Waals surface area (Å²) in [6, 6.07) is 0. The maximum atomic E-state index is 3.85. The molecular formula is C3H8BN. The predicted molar refractivity (Wildman–Crippen MR) is 24.6 cm³/mol. The molecule has 0 bridgehead atoms. The normalized spacial score (nSPS) is 8.40. The van der Waals surface area contributed by atoms with Gasteiger partial charge in [0.25, 0.3) is 0 Å². The molecule has 2 heteroatoms. The van der Waals surface area contributed by atoms with Gasteiger partial charge in [0.2, 0.25) is 0 Å². The molecule has 28 valence electrons. The van der Waals surface area contributed by atoms with Crippen LogP contribution in [0, 0.1) is 0 Å². The van der Waals surface area contributed by atoms with Crippen molar-refractivity contribution in [2.24, 2.45) is 4.90 Å². The third-order valence-electron chi connectivity index (χ3n) is 0.365. The second kappa shape index (κ2) is 3.86. The van der Waals surface area contributed by atoms with E-state index in [1.807, 2.05) is 13.7 Å². The van der Waals surface area contributed by atoms with E-state index in [-0.39, 0.29) is 0 Å². The van der Waals surface area contributed by atoms with E-state index in [4.69, 9.17) is 0 Å². The first-order valence-electron chi connectivity index (χ1n) is 1.86. The Bertz CT molecular complexity index is 33.9. The van der Waals surface area contributed by atoms with Crippen LogP contribution < -0.4 is 0 Å². The molecule has 0 aromatic carbocycles. The Kier molecular flexibility index (Phi) is 3.76. The Hall–Kier alpha value is -0.135. The van der Waals surface area contributed by atoms with Crippen LogP contribution in [0.4, 0.5) is 0 Å². The Morgan fingerprint density at radius 1 is 1.80 bits per heavy atom. The van der Waals surface area contributed by atoms with Crippen LogP contribution in [0.1, 0.15) is 6.92 Å². The van der Waals surface area contributed by atoms with Gasteiger partial charge < -0.3 is 0 Å². The van der Waals surface area contributed by atoms with E-state index in [1.54, 1.807) is 7.07 Å². The van der Waals surface area contributed by atoms with E-state index in [0.29, 0.717) is 0 Å². The second-order valence-corrected chi connectivity index (χ2v) is 0.757. The predicted octanol–water partition coefficient (Wildman–Crippen LogP) is 0.942. The van der Waals surface area contributed by atoms with Crippen molar-refractivity contribution >= 4 is 7.07 Å². The number of hydrogen-bond donors (Lipinski definition) is 0. The minimum absolute atomic E-state index is 0.913. The Labute approximate surface area is 33.4 Å². The molecule has 0 spiro atoms. The Morgan fingerprint density at radius 3 is 2.40 bits per heavy atom. The maximum absolute atomic E-state index is 3.85. The summed E-state index contributed by atoms with van der Waals surface area (Å²) in [5, 5.41) is 0. The molecule has 0 amide bonds. The summed E-state index contributed by atoms with van der Waals surface area (Å²) >= 11 is 0. The fourth-order valence-electron chi connectivity index (χ4n) is 0.183. The number of hydrogen-bond acceptors (Lipinski definition) is 1. The van der Waals surface area contributed by atoms with E-state index in [1.165, 1.54) is 0 Å². The van der Waals surface area contributed by atoms with Crippen LogP contribution in [0.5, 0.6) is 0 Å². The molecule has 0 aromatic heterocycles. The molecule has 0 N–H and O–H groups in total. The SMILES string of the molecule is CB=NCC. The van der Waals surface area contributed by atoms with Gasteiger partial charge in [0.05, 0.1) is 0 Å². The summed E-state index contributed by atoms with van der Waals surface area (Å²) in [6.45, 7) is 4.85. The van der Waals surface area contributed by atoms with Gasteiger partial charge in [0.15, 0.2) is 0 Å². The van der Waals surface area contributed by atoms with Gasteiger partial charge in [-0.1, -0.05) is 0 Å². The molecule has 5 heavy (non-hydrogen) atoms. The van der Waals surface area contributed by atoms with Gasteiger partial charge in [-0.3, -0.25) is 0 Å². The standard InChI is InChI=1S/C3H8BN/c1-3-5-4-2/h3H2,1-2H3. The molecule has 0 saturated heterocycles. The van der Waals surface area contributed by atoms with Crippen molar-refractivity contribution in [3.63, 3.8) is 0 Å². The minimum atomic E-state index is 0.913. The van der Waals surface area contributed by atoms with Crippen LogP contribution in [0.2, 0.25) is 6.82 Å². The van der Waals surface area contributed by atoms with E-state index in [2.05, 4.69) is 4.90 Å². The topological polar surface area (TPSA) is 12.4 Å². The molecule has 0 aliphatic rings. The van der Waals surface area contributed by atoms with Gasteiger partial charge in [-0.2, -0.15) is 0 Å². The van der Waals surface area contributed by atoms with E-state index < -0.39 is 0 Å². The van der Waals surface area contributed by atoms with E-state index in [9.17, 15) is 0 Å². The summed E-state index contributed by atoms with van der Waals surface area (Å²) in [5.41, 5.74) is 0. The molecule has 0 fully saturated rings. The zero-order valence-electron chi connectivity index (χ0n) is 3.73. The Balaban J connectivity index is 2.62. The first-order chi connectivity index (χ1) is 2.41. The van der Waals surface area contributed by atoms with E-state index in [0.717, 1.165) is 6.54 Å². The average molecular weight is 68.9 g/mol. The third-order valence-corrected chi connectivity index (χ3v) is 0.365. The molecule has 0 aliphatic carbocycles. The quantitative estimate of drug-likeness (QED) is 0.406. The zero-order valence-corrected chi connectivity index (χ0v) is 3.73. The summed E-state index contributed by atoms with van der Waals surface area (Å²) < 4.78 is 0. The summed E-state index contributed by atoms with van der Waals surface area (Å²) in [6.07, 6.45) is 0. The van der Waals surface area contributed by atoms with Crippen LogP contribution in [-0.4, -0.2) is 13.6 Å². The van der Waals surface area contributed by atoms with Crippen LogP contribution >= 0.6 is 0 Å². The summed E-state index contributed by atoms with van der Waals surface area (Å²) in [5.74, 6) is 0. The first kappa shape index (κ1) is 4.86. The van der Waals surface area contributed by atoms with Gasteiger partial charge in [0, 0.05) is 0 Å². The second-order valence-electron chi connectivity index (χ2n) is 0.757. The van der Waals surface area contributed by atoms with Crippen LogP contribution in [-0.2, 0) is 0 Å². The molecule has 0 aromatic rings. The molecule has 0 rings (SSSR count). The van der Waals surface area contributed by atoms with Crippen molar-refractivity contribution in [3.05, 3.63) is 0 Å². The molecule has 0 aliphatic heterocycles. The van der Waals surface area contributed by atoms with Crippen molar-refractivity contribution in [3.8, 4) is 0 Å². The fourth-order valence-corrected chi connectivity index (χ4v) is 0.183. The van der Waals surface area contributed by atoms with Gasteiger partial charge in [-0.15, -0.1) is 0 Å². The molecule has 0 radical (unpaired) electrons. The Morgan fingerprint density at radius 2 is 2.40 bits per heavy atom. The zero-order chi connectivity index (χ0) is 4.12. The molecule has 1 nitrogen and oxygen atoms in total. The van der Waals surface area contributed by atoms with Crippen molar-refractivity contribution in [2.45, 2.75) is 13.7 Å². The molecule has 0 heterocycles. The van der Waals surface area contributed by atoms with Gasteiger partial charge in [0.1, 0.15) is 0 Å². The number of nitrogens with zero attached hydrogens (tertiary/aromatic N) is 1. The third kappa shape index (κ3) is 3.86. The van der Waals surface area contributed by atoms with E-state index >= 15 is 0 Å². The van der Waals surface area contributed by atoms with Crippen molar-refractivity contribution < 1.29 is 0 Å².